The number of nitrogens with one attached hydrogen (secondary N) is 1. The van der Waals surface area contributed by atoms with Gasteiger partial charge in [-0.05, 0) is 64.0 Å². The first-order valence-corrected chi connectivity index (χ1v) is 9.59. The highest BCUT2D eigenvalue weighted by atomic mass is 79.9. The first kappa shape index (κ1) is 16.1. The molecule has 1 fully saturated rings. The normalized spacial score (nSPS) is 15.7. The molecule has 1 aliphatic carbocycles. The van der Waals surface area contributed by atoms with E-state index < -0.39 is 0 Å². The lowest BCUT2D eigenvalue weighted by molar-refractivity contribution is 0.443. The zero-order valence-electron chi connectivity index (χ0n) is 12.6. The number of rotatable bonds is 4. The summed E-state index contributed by atoms with van der Waals surface area (Å²) in [6.45, 7) is 0.852. The Morgan fingerprint density at radius 2 is 1.64 bits per heavy atom. The van der Waals surface area contributed by atoms with Crippen LogP contribution in [0.2, 0.25) is 0 Å². The molecule has 0 aliphatic heterocycles. The maximum atomic E-state index is 3.59. The first-order valence-electron chi connectivity index (χ1n) is 8.00. The van der Waals surface area contributed by atoms with Gasteiger partial charge in [-0.3, -0.25) is 0 Å². The van der Waals surface area contributed by atoms with Crippen molar-refractivity contribution in [2.24, 2.45) is 0 Å². The summed E-state index contributed by atoms with van der Waals surface area (Å²) < 4.78 is 2.17. The fourth-order valence-electron chi connectivity index (χ4n) is 3.17. The van der Waals surface area contributed by atoms with E-state index in [9.17, 15) is 0 Å². The van der Waals surface area contributed by atoms with Gasteiger partial charge in [-0.25, -0.2) is 0 Å². The Labute approximate surface area is 149 Å². The summed E-state index contributed by atoms with van der Waals surface area (Å²) in [5.41, 5.74) is 3.97. The van der Waals surface area contributed by atoms with Crippen LogP contribution in [0.1, 0.15) is 49.1 Å². The lowest BCUT2D eigenvalue weighted by Crippen LogP contribution is -2.05. The molecular formula is C19H21Br2N. The topological polar surface area (TPSA) is 12.0 Å². The molecule has 0 unspecified atom stereocenters. The highest BCUT2D eigenvalue weighted by Crippen LogP contribution is 2.32. The van der Waals surface area contributed by atoms with E-state index in [1.807, 2.05) is 0 Å². The Hall–Kier alpha value is -0.800. The molecule has 0 heterocycles. The van der Waals surface area contributed by atoms with Crippen molar-refractivity contribution in [3.63, 3.8) is 0 Å². The molecule has 0 saturated heterocycles. The van der Waals surface area contributed by atoms with Crippen LogP contribution >= 0.6 is 31.9 Å². The molecule has 3 heteroatoms. The predicted octanol–water partition coefficient (Wildman–Crippen LogP) is 6.87. The van der Waals surface area contributed by atoms with Crippen molar-refractivity contribution >= 4 is 37.5 Å². The van der Waals surface area contributed by atoms with Crippen molar-refractivity contribution in [2.45, 2.75) is 44.6 Å². The second-order valence-corrected chi connectivity index (χ2v) is 7.82. The van der Waals surface area contributed by atoms with Crippen LogP contribution in [0, 0.1) is 0 Å². The molecule has 22 heavy (non-hydrogen) atoms. The lowest BCUT2D eigenvalue weighted by atomic mass is 9.84. The van der Waals surface area contributed by atoms with Crippen molar-refractivity contribution in [1.29, 1.82) is 0 Å². The molecule has 1 aliphatic rings. The average molecular weight is 423 g/mol. The van der Waals surface area contributed by atoms with Gasteiger partial charge >= 0.3 is 0 Å². The van der Waals surface area contributed by atoms with E-state index in [1.165, 1.54) is 43.2 Å². The molecule has 0 aromatic heterocycles. The molecule has 0 radical (unpaired) electrons. The molecule has 0 spiro atoms. The van der Waals surface area contributed by atoms with Gasteiger partial charge in [0, 0.05) is 21.2 Å². The van der Waals surface area contributed by atoms with Crippen LogP contribution in [0.25, 0.3) is 0 Å². The predicted molar refractivity (Wildman–Crippen MR) is 101 cm³/mol. The molecule has 1 saturated carbocycles. The third-order valence-electron chi connectivity index (χ3n) is 4.47. The maximum Gasteiger partial charge on any atom is 0.0488 e. The molecule has 116 valence electrons. The maximum absolute atomic E-state index is 3.59. The van der Waals surface area contributed by atoms with Crippen molar-refractivity contribution in [2.75, 3.05) is 5.32 Å². The number of anilines is 1. The molecular weight excluding hydrogens is 402 g/mol. The Morgan fingerprint density at radius 1 is 0.909 bits per heavy atom. The summed E-state index contributed by atoms with van der Waals surface area (Å²) in [6.07, 6.45) is 6.94. The van der Waals surface area contributed by atoms with Gasteiger partial charge < -0.3 is 5.32 Å². The smallest absolute Gasteiger partial charge is 0.0488 e. The van der Waals surface area contributed by atoms with Crippen molar-refractivity contribution in [3.05, 3.63) is 62.5 Å². The highest BCUT2D eigenvalue weighted by Gasteiger charge is 2.14. The van der Waals surface area contributed by atoms with Crippen LogP contribution in [0.3, 0.4) is 0 Å². The minimum Gasteiger partial charge on any atom is -0.380 e. The highest BCUT2D eigenvalue weighted by molar-refractivity contribution is 9.11. The average Bonchev–Trinajstić information content (AvgIpc) is 2.55. The van der Waals surface area contributed by atoms with E-state index in [4.69, 9.17) is 0 Å². The molecule has 1 nitrogen and oxygen atoms in total. The monoisotopic (exact) mass is 421 g/mol. The van der Waals surface area contributed by atoms with Crippen molar-refractivity contribution in [1.82, 2.24) is 0 Å². The van der Waals surface area contributed by atoms with Gasteiger partial charge in [0.15, 0.2) is 0 Å². The molecule has 3 rings (SSSR count). The van der Waals surface area contributed by atoms with Gasteiger partial charge in [0.1, 0.15) is 0 Å². The minimum atomic E-state index is 0.788. The van der Waals surface area contributed by atoms with Crippen LogP contribution in [-0.2, 0) is 6.54 Å². The quantitative estimate of drug-likeness (QED) is 0.566. The second-order valence-electron chi connectivity index (χ2n) is 6.05. The molecule has 2 aromatic carbocycles. The van der Waals surface area contributed by atoms with Crippen LogP contribution in [0.4, 0.5) is 5.69 Å². The third kappa shape index (κ3) is 4.14. The number of benzene rings is 2. The van der Waals surface area contributed by atoms with E-state index in [2.05, 4.69) is 79.6 Å². The lowest BCUT2D eigenvalue weighted by Gasteiger charge is -2.22. The Kier molecular flexibility index (Phi) is 5.59. The molecule has 1 N–H and O–H groups in total. The first-order chi connectivity index (χ1) is 10.7. The molecule has 0 amide bonds. The van der Waals surface area contributed by atoms with Crippen molar-refractivity contribution in [3.8, 4) is 0 Å². The van der Waals surface area contributed by atoms with Gasteiger partial charge in [0.2, 0.25) is 0 Å². The summed E-state index contributed by atoms with van der Waals surface area (Å²) in [4.78, 5) is 0. The van der Waals surface area contributed by atoms with Crippen LogP contribution in [0.15, 0.2) is 51.4 Å². The molecule has 0 atom stereocenters. The van der Waals surface area contributed by atoms with E-state index in [-0.39, 0.29) is 0 Å². The second kappa shape index (κ2) is 7.65. The molecule has 2 aromatic rings. The summed E-state index contributed by atoms with van der Waals surface area (Å²) >= 11 is 7.07. The standard InChI is InChI=1S/C19H21Br2N/c20-17-10-11-19(18(21)12-17)22-13-14-6-8-16(9-7-14)15-4-2-1-3-5-15/h6-12,15,22H,1-5,13H2. The van der Waals surface area contributed by atoms with Crippen molar-refractivity contribution < 1.29 is 0 Å². The van der Waals surface area contributed by atoms with Gasteiger partial charge in [-0.2, -0.15) is 0 Å². The Balaban J connectivity index is 1.61. The van der Waals surface area contributed by atoms with E-state index >= 15 is 0 Å². The van der Waals surface area contributed by atoms with E-state index in [0.717, 1.165) is 27.1 Å². The Bertz CT molecular complexity index is 616. The summed E-state index contributed by atoms with van der Waals surface area (Å²) in [6, 6.07) is 15.4. The van der Waals surface area contributed by atoms with Gasteiger partial charge in [0.05, 0.1) is 0 Å². The zero-order valence-corrected chi connectivity index (χ0v) is 15.8. The molecule has 0 bridgehead atoms. The number of halogens is 2. The third-order valence-corrected chi connectivity index (χ3v) is 5.62. The van der Waals surface area contributed by atoms with E-state index in [0.29, 0.717) is 0 Å². The van der Waals surface area contributed by atoms with Gasteiger partial charge in [0.25, 0.3) is 0 Å². The van der Waals surface area contributed by atoms with Gasteiger partial charge in [-0.15, -0.1) is 0 Å². The fraction of sp³-hybridized carbons (Fsp3) is 0.368. The SMILES string of the molecule is Brc1ccc(NCc2ccc(C3CCCCC3)cc2)c(Br)c1. The van der Waals surface area contributed by atoms with Crippen LogP contribution in [0.5, 0.6) is 0 Å². The zero-order chi connectivity index (χ0) is 15.4. The summed E-state index contributed by atoms with van der Waals surface area (Å²) in [5, 5.41) is 3.49. The number of hydrogen-bond acceptors (Lipinski definition) is 1. The Morgan fingerprint density at radius 3 is 2.32 bits per heavy atom. The number of hydrogen-bond donors (Lipinski definition) is 1. The van der Waals surface area contributed by atoms with Crippen LogP contribution in [-0.4, -0.2) is 0 Å². The van der Waals surface area contributed by atoms with Gasteiger partial charge in [-0.1, -0.05) is 59.5 Å². The van der Waals surface area contributed by atoms with E-state index in [1.54, 1.807) is 0 Å². The summed E-state index contributed by atoms with van der Waals surface area (Å²) in [7, 11) is 0. The minimum absolute atomic E-state index is 0.788. The van der Waals surface area contributed by atoms with Crippen LogP contribution < -0.4 is 5.32 Å². The largest absolute Gasteiger partial charge is 0.380 e. The summed E-state index contributed by atoms with van der Waals surface area (Å²) in [5.74, 6) is 0.788. The fourth-order valence-corrected chi connectivity index (χ4v) is 4.36.